The predicted octanol–water partition coefficient (Wildman–Crippen LogP) is 3.06. The lowest BCUT2D eigenvalue weighted by molar-refractivity contribution is 0.231. The van der Waals surface area contributed by atoms with Gasteiger partial charge in [0.2, 0.25) is 0 Å². The van der Waals surface area contributed by atoms with Crippen molar-refractivity contribution in [2.75, 3.05) is 13.7 Å². The van der Waals surface area contributed by atoms with Gasteiger partial charge < -0.3 is 9.16 Å². The molecule has 1 aliphatic carbocycles. The topological polar surface area (TPSA) is 18.5 Å². The molecule has 0 spiro atoms. The Kier molecular flexibility index (Phi) is 6.24. The lowest BCUT2D eigenvalue weighted by Crippen LogP contribution is -2.61. The Morgan fingerprint density at radius 3 is 2.16 bits per heavy atom. The summed E-state index contributed by atoms with van der Waals surface area (Å²) >= 11 is 0. The molecule has 3 rings (SSSR count). The molecule has 2 nitrogen and oxygen atoms in total. The summed E-state index contributed by atoms with van der Waals surface area (Å²) in [5.41, 5.74) is 3.52. The summed E-state index contributed by atoms with van der Waals surface area (Å²) in [6, 6.07) is 20.9. The van der Waals surface area contributed by atoms with Crippen molar-refractivity contribution in [3.05, 3.63) is 72.8 Å². The zero-order valence-corrected chi connectivity index (χ0v) is 15.7. The number of hydrogen-bond acceptors (Lipinski definition) is 2. The van der Waals surface area contributed by atoms with E-state index in [-0.39, 0.29) is 6.10 Å². The van der Waals surface area contributed by atoms with E-state index in [9.17, 15) is 0 Å². The largest absolute Gasteiger partial charge is 0.392 e. The second kappa shape index (κ2) is 8.82. The zero-order valence-electron chi connectivity index (χ0n) is 14.7. The number of ether oxygens (including phenoxy) is 1. The van der Waals surface area contributed by atoms with Crippen molar-refractivity contribution in [1.29, 1.82) is 0 Å². The Labute approximate surface area is 151 Å². The summed E-state index contributed by atoms with van der Waals surface area (Å²) in [7, 11) is -0.990. The van der Waals surface area contributed by atoms with Crippen LogP contribution in [0.25, 0.3) is 0 Å². The molecule has 1 atom stereocenters. The van der Waals surface area contributed by atoms with Crippen LogP contribution in [-0.2, 0) is 9.16 Å². The van der Waals surface area contributed by atoms with Gasteiger partial charge in [-0.05, 0) is 29.6 Å². The fourth-order valence-corrected chi connectivity index (χ4v) is 6.41. The molecule has 0 saturated carbocycles. The maximum atomic E-state index is 6.82. The van der Waals surface area contributed by atoms with Gasteiger partial charge in [0.05, 0.1) is 6.10 Å². The van der Waals surface area contributed by atoms with Gasteiger partial charge in [-0.1, -0.05) is 84.3 Å². The highest BCUT2D eigenvalue weighted by Gasteiger charge is 2.40. The molecule has 2 aromatic carbocycles. The minimum atomic E-state index is -2.66. The van der Waals surface area contributed by atoms with Crippen LogP contribution in [0.3, 0.4) is 0 Å². The van der Waals surface area contributed by atoms with Crippen molar-refractivity contribution in [2.24, 2.45) is 0 Å². The van der Waals surface area contributed by atoms with Crippen LogP contribution in [0.5, 0.6) is 0 Å². The zero-order chi connectivity index (χ0) is 17.4. The molecule has 0 heterocycles. The maximum Gasteiger partial charge on any atom is 0.337 e. The molecule has 128 valence electrons. The van der Waals surface area contributed by atoms with Gasteiger partial charge in [0.15, 0.2) is 0 Å². The van der Waals surface area contributed by atoms with E-state index in [4.69, 9.17) is 9.16 Å². The van der Waals surface area contributed by atoms with Gasteiger partial charge in [0.25, 0.3) is 0 Å². The average molecular weight is 349 g/mol. The molecule has 0 fully saturated rings. The van der Waals surface area contributed by atoms with Crippen LogP contribution in [0.1, 0.15) is 19.3 Å². The van der Waals surface area contributed by atoms with Crippen molar-refractivity contribution in [3.8, 4) is 11.5 Å². The lowest BCUT2D eigenvalue weighted by Gasteiger charge is -2.32. The van der Waals surface area contributed by atoms with Gasteiger partial charge in [0.1, 0.15) is 6.61 Å². The third kappa shape index (κ3) is 4.29. The summed E-state index contributed by atoms with van der Waals surface area (Å²) in [6.07, 6.45) is 7.91. The van der Waals surface area contributed by atoms with Gasteiger partial charge in [-0.2, -0.15) is 0 Å². The van der Waals surface area contributed by atoms with Crippen molar-refractivity contribution >= 4 is 18.7 Å². The fourth-order valence-electron chi connectivity index (χ4n) is 3.16. The summed E-state index contributed by atoms with van der Waals surface area (Å²) in [5.74, 6) is 3.20. The van der Waals surface area contributed by atoms with Gasteiger partial charge in [-0.3, -0.25) is 0 Å². The summed E-state index contributed by atoms with van der Waals surface area (Å²) in [4.78, 5) is 0. The molecule has 0 radical (unpaired) electrons. The van der Waals surface area contributed by atoms with Crippen LogP contribution in [0.15, 0.2) is 72.8 Å². The monoisotopic (exact) mass is 348 g/mol. The van der Waals surface area contributed by atoms with Crippen molar-refractivity contribution < 1.29 is 9.16 Å². The summed E-state index contributed by atoms with van der Waals surface area (Å²) in [5, 5.41) is 2.37. The molecule has 0 bridgehead atoms. The molecule has 25 heavy (non-hydrogen) atoms. The predicted molar refractivity (Wildman–Crippen MR) is 105 cm³/mol. The minimum absolute atomic E-state index is 0.123. The molecule has 0 N–H and O–H groups in total. The van der Waals surface area contributed by atoms with Crippen LogP contribution in [0, 0.1) is 11.5 Å². The van der Waals surface area contributed by atoms with Crippen LogP contribution in [-0.4, -0.2) is 28.1 Å². The third-order valence-corrected chi connectivity index (χ3v) is 7.86. The van der Waals surface area contributed by atoms with Crippen LogP contribution >= 0.6 is 0 Å². The lowest BCUT2D eigenvalue weighted by atomic mass is 10.1. The normalized spacial score (nSPS) is 16.9. The van der Waals surface area contributed by atoms with Crippen LogP contribution in [0.2, 0.25) is 0 Å². The Hall–Kier alpha value is -2.12. The van der Waals surface area contributed by atoms with E-state index in [1.165, 1.54) is 16.8 Å². The van der Waals surface area contributed by atoms with Gasteiger partial charge >= 0.3 is 8.32 Å². The highest BCUT2D eigenvalue weighted by molar-refractivity contribution is 7.03. The van der Waals surface area contributed by atoms with Gasteiger partial charge in [0, 0.05) is 7.11 Å². The van der Waals surface area contributed by atoms with Crippen molar-refractivity contribution in [1.82, 2.24) is 0 Å². The number of rotatable bonds is 5. The first-order valence-corrected chi connectivity index (χ1v) is 10.7. The number of allylic oxidation sites excluding steroid dienone is 1. The molecule has 0 aliphatic heterocycles. The van der Waals surface area contributed by atoms with E-state index in [0.29, 0.717) is 6.61 Å². The Morgan fingerprint density at radius 1 is 1.00 bits per heavy atom. The SMILES string of the molecule is COCC#C[Si](OC1C=CCCC1)(c1ccccc1)c1ccccc1. The molecule has 2 aromatic rings. The van der Waals surface area contributed by atoms with Crippen LogP contribution in [0.4, 0.5) is 0 Å². The highest BCUT2D eigenvalue weighted by atomic mass is 28.4. The molecule has 0 saturated heterocycles. The number of benzene rings is 2. The van der Waals surface area contributed by atoms with Gasteiger partial charge in [-0.15, -0.1) is 0 Å². The van der Waals surface area contributed by atoms with Crippen LogP contribution < -0.4 is 10.4 Å². The van der Waals surface area contributed by atoms with E-state index < -0.39 is 8.32 Å². The van der Waals surface area contributed by atoms with E-state index in [1.807, 2.05) is 12.1 Å². The summed E-state index contributed by atoms with van der Waals surface area (Å²) < 4.78 is 12.0. The van der Waals surface area contributed by atoms with E-state index in [1.54, 1.807) is 7.11 Å². The summed E-state index contributed by atoms with van der Waals surface area (Å²) in [6.45, 7) is 0.415. The highest BCUT2D eigenvalue weighted by Crippen LogP contribution is 2.19. The van der Waals surface area contributed by atoms with Crippen molar-refractivity contribution in [2.45, 2.75) is 25.4 Å². The number of hydrogen-bond donors (Lipinski definition) is 0. The Morgan fingerprint density at radius 2 is 1.64 bits per heavy atom. The quantitative estimate of drug-likeness (QED) is 0.470. The standard InChI is InChI=1S/C22H24O2Si/c1-23-18-11-19-25(21-14-7-3-8-15-21,22-16-9-4-10-17-22)24-20-12-5-2-6-13-20/h3-5,7-10,12,14-17,20H,2,6,13,18H2,1H3. The Balaban J connectivity index is 2.11. The molecular formula is C22H24O2Si. The molecule has 1 aliphatic rings. The van der Waals surface area contributed by atoms with Gasteiger partial charge in [-0.25, -0.2) is 0 Å². The maximum absolute atomic E-state index is 6.82. The first-order chi connectivity index (χ1) is 12.3. The molecule has 0 amide bonds. The smallest absolute Gasteiger partial charge is 0.337 e. The molecule has 0 aromatic heterocycles. The van der Waals surface area contributed by atoms with Crippen molar-refractivity contribution in [3.63, 3.8) is 0 Å². The molecular weight excluding hydrogens is 324 g/mol. The second-order valence-corrected chi connectivity index (χ2v) is 9.17. The molecule has 1 unspecified atom stereocenters. The average Bonchev–Trinajstić information content (AvgIpc) is 2.69. The van der Waals surface area contributed by atoms with E-state index in [0.717, 1.165) is 12.8 Å². The van der Waals surface area contributed by atoms with E-state index in [2.05, 4.69) is 72.1 Å². The second-order valence-electron chi connectivity index (χ2n) is 6.16. The fraction of sp³-hybridized carbons (Fsp3) is 0.273. The minimum Gasteiger partial charge on any atom is -0.392 e. The Bertz CT molecular complexity index is 704. The first-order valence-electron chi connectivity index (χ1n) is 8.79. The first kappa shape index (κ1) is 17.7. The molecule has 3 heteroatoms. The van der Waals surface area contributed by atoms with E-state index >= 15 is 0 Å². The number of methoxy groups -OCH3 is 1. The third-order valence-electron chi connectivity index (χ3n) is 4.38.